The van der Waals surface area contributed by atoms with Gasteiger partial charge in [0.1, 0.15) is 0 Å². The average Bonchev–Trinajstić information content (AvgIpc) is 3.01. The maximum Gasteiger partial charge on any atom is 0.0300 e. The van der Waals surface area contributed by atoms with Gasteiger partial charge in [0.2, 0.25) is 0 Å². The summed E-state index contributed by atoms with van der Waals surface area (Å²) in [4.78, 5) is 3.80. The zero-order chi connectivity index (χ0) is 12.8. The highest BCUT2D eigenvalue weighted by atomic mass is 32.1. The number of likely N-dealkylation sites (N-methyl/N-ethyl adjacent to an activating group) is 1. The highest BCUT2D eigenvalue weighted by Crippen LogP contribution is 2.10. The first-order valence-electron chi connectivity index (χ1n) is 6.20. The summed E-state index contributed by atoms with van der Waals surface area (Å²) in [5.41, 5.74) is 1.41. The lowest BCUT2D eigenvalue weighted by atomic mass is 10.2. The highest BCUT2D eigenvalue weighted by Gasteiger charge is 2.09. The molecule has 2 rings (SSSR count). The molecule has 1 unspecified atom stereocenters. The van der Waals surface area contributed by atoms with E-state index in [1.54, 1.807) is 11.3 Å². The normalized spacial score (nSPS) is 13.1. The molecule has 0 saturated carbocycles. The van der Waals surface area contributed by atoms with E-state index in [-0.39, 0.29) is 0 Å². The van der Waals surface area contributed by atoms with Crippen LogP contribution < -0.4 is 5.32 Å². The number of thiophene rings is 2. The van der Waals surface area contributed by atoms with Crippen molar-refractivity contribution in [2.24, 2.45) is 0 Å². The van der Waals surface area contributed by atoms with Gasteiger partial charge in [0.05, 0.1) is 0 Å². The third kappa shape index (κ3) is 4.21. The van der Waals surface area contributed by atoms with Gasteiger partial charge in [0.15, 0.2) is 0 Å². The van der Waals surface area contributed by atoms with Crippen LogP contribution in [0.3, 0.4) is 0 Å². The van der Waals surface area contributed by atoms with Crippen LogP contribution in [-0.4, -0.2) is 24.5 Å². The summed E-state index contributed by atoms with van der Waals surface area (Å²) in [5.74, 6) is 0. The van der Waals surface area contributed by atoms with Gasteiger partial charge in [0, 0.05) is 30.6 Å². The molecule has 0 fully saturated rings. The summed E-state index contributed by atoms with van der Waals surface area (Å²) in [6.45, 7) is 5.31. The predicted octanol–water partition coefficient (Wildman–Crippen LogP) is 3.42. The average molecular weight is 280 g/mol. The molecule has 2 aromatic rings. The van der Waals surface area contributed by atoms with Crippen molar-refractivity contribution in [2.45, 2.75) is 26.1 Å². The van der Waals surface area contributed by atoms with Crippen LogP contribution in [0.15, 0.2) is 34.3 Å². The minimum atomic E-state index is 0.546. The molecule has 0 amide bonds. The number of nitrogens with zero attached hydrogens (tertiary/aromatic N) is 1. The molecule has 0 aliphatic heterocycles. The monoisotopic (exact) mass is 280 g/mol. The minimum Gasteiger partial charge on any atom is -0.310 e. The molecule has 2 heterocycles. The maximum atomic E-state index is 3.52. The quantitative estimate of drug-likeness (QED) is 0.836. The zero-order valence-electron chi connectivity index (χ0n) is 10.9. The molecule has 0 aliphatic carbocycles. The summed E-state index contributed by atoms with van der Waals surface area (Å²) in [6, 6.07) is 7.03. The van der Waals surface area contributed by atoms with E-state index in [1.807, 2.05) is 11.3 Å². The van der Waals surface area contributed by atoms with Crippen LogP contribution in [0.1, 0.15) is 17.4 Å². The Balaban J connectivity index is 1.69. The van der Waals surface area contributed by atoms with Gasteiger partial charge < -0.3 is 5.32 Å². The molecular weight excluding hydrogens is 260 g/mol. The van der Waals surface area contributed by atoms with E-state index < -0.39 is 0 Å². The van der Waals surface area contributed by atoms with Crippen LogP contribution in [0.4, 0.5) is 0 Å². The van der Waals surface area contributed by atoms with E-state index >= 15 is 0 Å². The van der Waals surface area contributed by atoms with Crippen molar-refractivity contribution < 1.29 is 0 Å². The predicted molar refractivity (Wildman–Crippen MR) is 81.3 cm³/mol. The van der Waals surface area contributed by atoms with Crippen LogP contribution >= 0.6 is 22.7 Å². The molecule has 0 bridgehead atoms. The third-order valence-corrected chi connectivity index (χ3v) is 4.69. The van der Waals surface area contributed by atoms with Crippen LogP contribution in [0.2, 0.25) is 0 Å². The largest absolute Gasteiger partial charge is 0.310 e. The molecule has 0 radical (unpaired) electrons. The Morgan fingerprint density at radius 1 is 1.33 bits per heavy atom. The Morgan fingerprint density at radius 2 is 2.22 bits per heavy atom. The summed E-state index contributed by atoms with van der Waals surface area (Å²) in [6.07, 6.45) is 0. The SMILES string of the molecule is CC(CNCc1cccs1)N(C)Cc1ccsc1. The molecule has 2 aromatic heterocycles. The first kappa shape index (κ1) is 13.7. The van der Waals surface area contributed by atoms with Crippen molar-refractivity contribution in [3.05, 3.63) is 44.8 Å². The summed E-state index contributed by atoms with van der Waals surface area (Å²) in [5, 5.41) is 10.0. The van der Waals surface area contributed by atoms with Crippen molar-refractivity contribution in [1.29, 1.82) is 0 Å². The van der Waals surface area contributed by atoms with E-state index in [1.165, 1.54) is 10.4 Å². The topological polar surface area (TPSA) is 15.3 Å². The van der Waals surface area contributed by atoms with Crippen molar-refractivity contribution >= 4 is 22.7 Å². The van der Waals surface area contributed by atoms with Gasteiger partial charge in [0.25, 0.3) is 0 Å². The lowest BCUT2D eigenvalue weighted by Crippen LogP contribution is -2.37. The fourth-order valence-corrected chi connectivity index (χ4v) is 3.13. The first-order chi connectivity index (χ1) is 8.75. The summed E-state index contributed by atoms with van der Waals surface area (Å²) < 4.78 is 0. The van der Waals surface area contributed by atoms with Gasteiger partial charge in [-0.2, -0.15) is 11.3 Å². The van der Waals surface area contributed by atoms with Gasteiger partial charge in [-0.3, -0.25) is 4.90 Å². The minimum absolute atomic E-state index is 0.546. The fraction of sp³-hybridized carbons (Fsp3) is 0.429. The lowest BCUT2D eigenvalue weighted by molar-refractivity contribution is 0.243. The van der Waals surface area contributed by atoms with E-state index in [4.69, 9.17) is 0 Å². The molecule has 0 aromatic carbocycles. The van der Waals surface area contributed by atoms with Gasteiger partial charge >= 0.3 is 0 Å². The number of nitrogens with one attached hydrogen (secondary N) is 1. The van der Waals surface area contributed by atoms with E-state index in [0.717, 1.165) is 19.6 Å². The fourth-order valence-electron chi connectivity index (χ4n) is 1.80. The van der Waals surface area contributed by atoms with E-state index in [0.29, 0.717) is 6.04 Å². The second kappa shape index (κ2) is 7.04. The van der Waals surface area contributed by atoms with Gasteiger partial charge in [-0.15, -0.1) is 11.3 Å². The maximum absolute atomic E-state index is 3.52. The number of hydrogen-bond donors (Lipinski definition) is 1. The molecule has 1 N–H and O–H groups in total. The Bertz CT molecular complexity index is 423. The molecule has 98 valence electrons. The van der Waals surface area contributed by atoms with Gasteiger partial charge in [-0.1, -0.05) is 6.07 Å². The standard InChI is InChI=1S/C14H20N2S2/c1-12(8-15-9-14-4-3-6-18-14)16(2)10-13-5-7-17-11-13/h3-7,11-12,15H,8-10H2,1-2H3. The summed E-state index contributed by atoms with van der Waals surface area (Å²) >= 11 is 3.58. The van der Waals surface area contributed by atoms with Crippen LogP contribution in [0.5, 0.6) is 0 Å². The van der Waals surface area contributed by atoms with Crippen LogP contribution in [-0.2, 0) is 13.1 Å². The number of rotatable bonds is 7. The van der Waals surface area contributed by atoms with Crippen LogP contribution in [0.25, 0.3) is 0 Å². The Hall–Kier alpha value is -0.680. The van der Waals surface area contributed by atoms with Gasteiger partial charge in [-0.25, -0.2) is 0 Å². The molecular formula is C14H20N2S2. The van der Waals surface area contributed by atoms with Crippen molar-refractivity contribution in [3.8, 4) is 0 Å². The van der Waals surface area contributed by atoms with E-state index in [9.17, 15) is 0 Å². The lowest BCUT2D eigenvalue weighted by Gasteiger charge is -2.24. The second-order valence-electron chi connectivity index (χ2n) is 4.61. The Morgan fingerprint density at radius 3 is 2.89 bits per heavy atom. The Kier molecular flexibility index (Phi) is 5.38. The van der Waals surface area contributed by atoms with Crippen LogP contribution in [0, 0.1) is 0 Å². The first-order valence-corrected chi connectivity index (χ1v) is 8.02. The molecule has 18 heavy (non-hydrogen) atoms. The van der Waals surface area contributed by atoms with E-state index in [2.05, 4.69) is 58.5 Å². The summed E-state index contributed by atoms with van der Waals surface area (Å²) in [7, 11) is 2.19. The second-order valence-corrected chi connectivity index (χ2v) is 6.42. The zero-order valence-corrected chi connectivity index (χ0v) is 12.6. The molecule has 1 atom stereocenters. The molecule has 2 nitrogen and oxygen atoms in total. The van der Waals surface area contributed by atoms with Crippen molar-refractivity contribution in [1.82, 2.24) is 10.2 Å². The van der Waals surface area contributed by atoms with Crippen molar-refractivity contribution in [2.75, 3.05) is 13.6 Å². The molecule has 4 heteroatoms. The molecule has 0 spiro atoms. The van der Waals surface area contributed by atoms with Crippen molar-refractivity contribution in [3.63, 3.8) is 0 Å². The third-order valence-electron chi connectivity index (χ3n) is 3.08. The smallest absolute Gasteiger partial charge is 0.0300 e. The van der Waals surface area contributed by atoms with Gasteiger partial charge in [-0.05, 0) is 47.8 Å². The molecule has 0 aliphatic rings. The number of hydrogen-bond acceptors (Lipinski definition) is 4. The Labute approximate surface area is 117 Å². The highest BCUT2D eigenvalue weighted by molar-refractivity contribution is 7.09. The molecule has 0 saturated heterocycles.